The Kier molecular flexibility index (Phi) is 5.79. The van der Waals surface area contributed by atoms with E-state index < -0.39 is 5.41 Å². The number of carbonyl (C=O) groups excluding carboxylic acids is 2. The molecule has 0 bridgehead atoms. The van der Waals surface area contributed by atoms with E-state index in [0.29, 0.717) is 35.4 Å². The molecule has 0 radical (unpaired) electrons. The lowest BCUT2D eigenvalue weighted by Gasteiger charge is -2.28. The van der Waals surface area contributed by atoms with E-state index in [1.165, 1.54) is 11.3 Å². The van der Waals surface area contributed by atoms with Crippen molar-refractivity contribution in [2.75, 3.05) is 23.4 Å². The van der Waals surface area contributed by atoms with E-state index in [2.05, 4.69) is 19.2 Å². The van der Waals surface area contributed by atoms with Gasteiger partial charge in [0.05, 0.1) is 16.0 Å². The first-order valence-corrected chi connectivity index (χ1v) is 10.5. The van der Waals surface area contributed by atoms with Gasteiger partial charge >= 0.3 is 0 Å². The van der Waals surface area contributed by atoms with Crippen LogP contribution in [0.25, 0.3) is 0 Å². The average Bonchev–Trinajstić information content (AvgIpc) is 3.03. The van der Waals surface area contributed by atoms with Crippen molar-refractivity contribution in [1.29, 1.82) is 0 Å². The Morgan fingerprint density at radius 1 is 1.32 bits per heavy atom. The van der Waals surface area contributed by atoms with Crippen LogP contribution in [0.2, 0.25) is 0 Å². The largest absolute Gasteiger partial charge is 0.490 e. The summed E-state index contributed by atoms with van der Waals surface area (Å²) in [5, 5.41) is 4.89. The minimum atomic E-state index is -0.603. The summed E-state index contributed by atoms with van der Waals surface area (Å²) in [4.78, 5) is 28.2. The highest BCUT2D eigenvalue weighted by Crippen LogP contribution is 2.38. The summed E-state index contributed by atoms with van der Waals surface area (Å²) in [6.07, 6.45) is 0.895. The molecule has 2 heterocycles. The number of anilines is 2. The number of rotatable bonds is 5. The second-order valence-electron chi connectivity index (χ2n) is 8.44. The van der Waals surface area contributed by atoms with E-state index in [1.54, 1.807) is 0 Å². The Morgan fingerprint density at radius 2 is 2.07 bits per heavy atom. The van der Waals surface area contributed by atoms with Crippen LogP contribution >= 0.6 is 11.3 Å². The van der Waals surface area contributed by atoms with Crippen LogP contribution in [-0.4, -0.2) is 25.0 Å². The zero-order valence-electron chi connectivity index (χ0n) is 17.2. The van der Waals surface area contributed by atoms with Crippen molar-refractivity contribution in [1.82, 2.24) is 0 Å². The first-order valence-electron chi connectivity index (χ1n) is 9.62. The fraction of sp³-hybridized carbons (Fsp3) is 0.455. The molecule has 3 rings (SSSR count). The van der Waals surface area contributed by atoms with Gasteiger partial charge in [0.15, 0.2) is 0 Å². The summed E-state index contributed by atoms with van der Waals surface area (Å²) in [7, 11) is 0. The van der Waals surface area contributed by atoms with Gasteiger partial charge in [0.2, 0.25) is 5.91 Å². The first-order chi connectivity index (χ1) is 13.2. The third-order valence-corrected chi connectivity index (χ3v) is 5.85. The maximum Gasteiger partial charge on any atom is 0.265 e. The number of amides is 2. The lowest BCUT2D eigenvalue weighted by molar-refractivity contribution is -0.127. The number of aryl methyl sites for hydroxylation is 1. The van der Waals surface area contributed by atoms with Gasteiger partial charge in [-0.1, -0.05) is 13.8 Å². The predicted octanol–water partition coefficient (Wildman–Crippen LogP) is 5.11. The van der Waals surface area contributed by atoms with Gasteiger partial charge < -0.3 is 15.0 Å². The molecule has 1 aromatic carbocycles. The normalized spacial score (nSPS) is 15.8. The van der Waals surface area contributed by atoms with Crippen LogP contribution in [0, 0.1) is 18.3 Å². The number of fused-ring (bicyclic) bond motifs is 1. The third-order valence-electron chi connectivity index (χ3n) is 4.80. The number of hydrogen-bond donors (Lipinski definition) is 1. The predicted molar refractivity (Wildman–Crippen MR) is 115 cm³/mol. The van der Waals surface area contributed by atoms with Gasteiger partial charge in [-0.2, -0.15) is 0 Å². The SMILES string of the molecule is Cc1csc(C(=O)Nc2ccc3c(c2)N(CCC(C)C)C(=O)C(C)(C)CO3)c1. The number of hydrogen-bond acceptors (Lipinski definition) is 4. The summed E-state index contributed by atoms with van der Waals surface area (Å²) >= 11 is 1.42. The Hall–Kier alpha value is -2.34. The molecular formula is C22H28N2O3S. The summed E-state index contributed by atoms with van der Waals surface area (Å²) in [5.41, 5.74) is 1.84. The van der Waals surface area contributed by atoms with Crippen molar-refractivity contribution in [2.45, 2.75) is 41.0 Å². The van der Waals surface area contributed by atoms with Crippen LogP contribution in [0.4, 0.5) is 11.4 Å². The minimum absolute atomic E-state index is 0.0456. The van der Waals surface area contributed by atoms with Crippen LogP contribution in [0.15, 0.2) is 29.6 Å². The molecule has 0 fully saturated rings. The number of thiophene rings is 1. The molecule has 2 aromatic rings. The highest BCUT2D eigenvalue weighted by atomic mass is 32.1. The number of carbonyl (C=O) groups is 2. The second kappa shape index (κ2) is 7.95. The second-order valence-corrected chi connectivity index (χ2v) is 9.35. The summed E-state index contributed by atoms with van der Waals surface area (Å²) in [6.45, 7) is 11.0. The summed E-state index contributed by atoms with van der Waals surface area (Å²) in [6, 6.07) is 7.36. The molecule has 2 amide bonds. The minimum Gasteiger partial charge on any atom is -0.490 e. The highest BCUT2D eigenvalue weighted by molar-refractivity contribution is 7.12. The molecule has 0 saturated carbocycles. The molecule has 6 heteroatoms. The highest BCUT2D eigenvalue weighted by Gasteiger charge is 2.37. The monoisotopic (exact) mass is 400 g/mol. The molecule has 0 unspecified atom stereocenters. The molecule has 0 saturated heterocycles. The Labute approximate surface area is 170 Å². The zero-order chi connectivity index (χ0) is 20.5. The van der Waals surface area contributed by atoms with Crippen molar-refractivity contribution in [3.05, 3.63) is 40.1 Å². The number of ether oxygens (including phenoxy) is 1. The van der Waals surface area contributed by atoms with Crippen molar-refractivity contribution in [2.24, 2.45) is 11.3 Å². The standard InChI is InChI=1S/C22H28N2O3S/c1-14(2)8-9-24-17-11-16(23-20(25)19-10-15(3)12-28-19)6-7-18(17)27-13-22(4,5)21(24)26/h6-7,10-12,14H,8-9,13H2,1-5H3,(H,23,25). The molecule has 0 aliphatic carbocycles. The van der Waals surface area contributed by atoms with Gasteiger partial charge in [-0.25, -0.2) is 0 Å². The van der Waals surface area contributed by atoms with E-state index in [9.17, 15) is 9.59 Å². The number of nitrogens with one attached hydrogen (secondary N) is 1. The lowest BCUT2D eigenvalue weighted by atomic mass is 9.92. The maximum atomic E-state index is 13.2. The van der Waals surface area contributed by atoms with Crippen LogP contribution in [0.3, 0.4) is 0 Å². The van der Waals surface area contributed by atoms with Crippen LogP contribution in [0.5, 0.6) is 5.75 Å². The smallest absolute Gasteiger partial charge is 0.265 e. The van der Waals surface area contributed by atoms with Crippen LogP contribution < -0.4 is 15.0 Å². The molecular weight excluding hydrogens is 372 g/mol. The van der Waals surface area contributed by atoms with Gasteiger partial charge in [-0.3, -0.25) is 9.59 Å². The van der Waals surface area contributed by atoms with E-state index in [1.807, 2.05) is 55.3 Å². The van der Waals surface area contributed by atoms with Crippen molar-refractivity contribution < 1.29 is 14.3 Å². The average molecular weight is 401 g/mol. The lowest BCUT2D eigenvalue weighted by Crippen LogP contribution is -2.42. The number of nitrogens with zero attached hydrogens (tertiary/aromatic N) is 1. The molecule has 150 valence electrons. The molecule has 1 aliphatic rings. The van der Waals surface area contributed by atoms with Gasteiger partial charge in [-0.15, -0.1) is 11.3 Å². The molecule has 0 atom stereocenters. The van der Waals surface area contributed by atoms with Crippen LogP contribution in [-0.2, 0) is 4.79 Å². The van der Waals surface area contributed by atoms with E-state index in [4.69, 9.17) is 4.74 Å². The van der Waals surface area contributed by atoms with E-state index in [0.717, 1.165) is 17.7 Å². The van der Waals surface area contributed by atoms with E-state index >= 15 is 0 Å². The maximum absolute atomic E-state index is 13.2. The van der Waals surface area contributed by atoms with Gasteiger partial charge in [-0.05, 0) is 68.3 Å². The molecule has 1 aliphatic heterocycles. The molecule has 1 N–H and O–H groups in total. The fourth-order valence-corrected chi connectivity index (χ4v) is 3.87. The van der Waals surface area contributed by atoms with Gasteiger partial charge in [0.1, 0.15) is 12.4 Å². The number of benzene rings is 1. The Balaban J connectivity index is 1.91. The Bertz CT molecular complexity index is 886. The van der Waals surface area contributed by atoms with Crippen molar-refractivity contribution >= 4 is 34.5 Å². The molecule has 5 nitrogen and oxygen atoms in total. The van der Waals surface area contributed by atoms with Crippen LogP contribution in [0.1, 0.15) is 49.4 Å². The fourth-order valence-electron chi connectivity index (χ4n) is 3.08. The Morgan fingerprint density at radius 3 is 2.71 bits per heavy atom. The summed E-state index contributed by atoms with van der Waals surface area (Å²) < 4.78 is 5.95. The van der Waals surface area contributed by atoms with Gasteiger partial charge in [0.25, 0.3) is 5.91 Å². The van der Waals surface area contributed by atoms with Crippen molar-refractivity contribution in [3.63, 3.8) is 0 Å². The molecule has 28 heavy (non-hydrogen) atoms. The van der Waals surface area contributed by atoms with Crippen molar-refractivity contribution in [3.8, 4) is 5.75 Å². The van der Waals surface area contributed by atoms with E-state index in [-0.39, 0.29) is 11.8 Å². The topological polar surface area (TPSA) is 58.6 Å². The van der Waals surface area contributed by atoms with Gasteiger partial charge in [0, 0.05) is 12.2 Å². The third kappa shape index (κ3) is 4.38. The summed E-state index contributed by atoms with van der Waals surface area (Å²) in [5.74, 6) is 1.05. The first kappa shape index (κ1) is 20.4. The zero-order valence-corrected chi connectivity index (χ0v) is 18.0. The molecule has 1 aromatic heterocycles. The quantitative estimate of drug-likeness (QED) is 0.759. The molecule has 0 spiro atoms.